The number of hydrogen-bond acceptors (Lipinski definition) is 8. The van der Waals surface area contributed by atoms with Crippen molar-refractivity contribution in [2.24, 2.45) is 0 Å². The molecule has 0 radical (unpaired) electrons. The molecule has 0 saturated carbocycles. The van der Waals surface area contributed by atoms with Crippen molar-refractivity contribution < 1.29 is 33.8 Å². The van der Waals surface area contributed by atoms with Crippen LogP contribution in [-0.4, -0.2) is 66.3 Å². The molecule has 10 heteroatoms. The number of hydrogen-bond donors (Lipinski definition) is 1. The summed E-state index contributed by atoms with van der Waals surface area (Å²) in [7, 11) is 2.65. The minimum atomic E-state index is -1.01. The summed E-state index contributed by atoms with van der Waals surface area (Å²) in [4.78, 5) is 36.7. The first-order valence-electron chi connectivity index (χ1n) is 7.90. The van der Waals surface area contributed by atoms with Gasteiger partial charge in [0.2, 0.25) is 0 Å². The second-order valence-corrected chi connectivity index (χ2v) is 5.60. The van der Waals surface area contributed by atoms with Gasteiger partial charge >= 0.3 is 5.97 Å². The Morgan fingerprint density at radius 1 is 1.31 bits per heavy atom. The van der Waals surface area contributed by atoms with E-state index in [0.29, 0.717) is 0 Å². The molecule has 0 aliphatic carbocycles. The number of rotatable bonds is 6. The van der Waals surface area contributed by atoms with Gasteiger partial charge in [-0.05, 0) is 6.92 Å². The van der Waals surface area contributed by atoms with Crippen LogP contribution in [0.4, 0.5) is 5.69 Å². The van der Waals surface area contributed by atoms with Gasteiger partial charge in [0, 0.05) is 19.0 Å². The van der Waals surface area contributed by atoms with E-state index in [0.717, 1.165) is 11.0 Å². The molecule has 1 aromatic carbocycles. The zero-order chi connectivity index (χ0) is 19.4. The Labute approximate surface area is 149 Å². The molecule has 0 unspecified atom stereocenters. The fraction of sp³-hybridized carbons (Fsp3) is 0.500. The molecule has 1 amide bonds. The number of nitro benzene ring substituents is 1. The van der Waals surface area contributed by atoms with Crippen molar-refractivity contribution in [3.05, 3.63) is 27.8 Å². The lowest BCUT2D eigenvalue weighted by molar-refractivity contribution is -0.385. The highest BCUT2D eigenvalue weighted by molar-refractivity contribution is 6.01. The molecule has 1 heterocycles. The number of methoxy groups -OCH3 is 2. The van der Waals surface area contributed by atoms with E-state index in [4.69, 9.17) is 14.2 Å². The summed E-state index contributed by atoms with van der Waals surface area (Å²) in [6.45, 7) is 1.60. The molecule has 10 nitrogen and oxygen atoms in total. The van der Waals surface area contributed by atoms with Crippen molar-refractivity contribution in [3.63, 3.8) is 0 Å². The number of aliphatic hydroxyl groups is 1. The van der Waals surface area contributed by atoms with Crippen LogP contribution < -0.4 is 9.47 Å². The van der Waals surface area contributed by atoms with Crippen LogP contribution in [0.5, 0.6) is 11.5 Å². The zero-order valence-electron chi connectivity index (χ0n) is 14.6. The fourth-order valence-corrected chi connectivity index (χ4v) is 2.85. The van der Waals surface area contributed by atoms with Gasteiger partial charge in [0.25, 0.3) is 11.6 Å². The molecule has 0 aromatic heterocycles. The largest absolute Gasteiger partial charge is 0.493 e. The smallest absolute Gasteiger partial charge is 0.328 e. The maximum absolute atomic E-state index is 12.9. The first-order chi connectivity index (χ1) is 12.3. The molecule has 1 aromatic rings. The van der Waals surface area contributed by atoms with Crippen LogP contribution in [0.15, 0.2) is 12.1 Å². The summed E-state index contributed by atoms with van der Waals surface area (Å²) in [5.41, 5.74) is -0.757. The number of nitrogens with zero attached hydrogens (tertiary/aromatic N) is 2. The Morgan fingerprint density at radius 3 is 2.46 bits per heavy atom. The van der Waals surface area contributed by atoms with Gasteiger partial charge < -0.3 is 24.2 Å². The predicted molar refractivity (Wildman–Crippen MR) is 88.3 cm³/mol. The van der Waals surface area contributed by atoms with E-state index in [2.05, 4.69) is 0 Å². The van der Waals surface area contributed by atoms with E-state index < -0.39 is 34.6 Å². The highest BCUT2D eigenvalue weighted by Crippen LogP contribution is 2.36. The number of esters is 1. The summed E-state index contributed by atoms with van der Waals surface area (Å²) < 4.78 is 15.1. The summed E-state index contributed by atoms with van der Waals surface area (Å²) in [6, 6.07) is 1.26. The third kappa shape index (κ3) is 3.69. The topological polar surface area (TPSA) is 128 Å². The van der Waals surface area contributed by atoms with Crippen molar-refractivity contribution in [2.45, 2.75) is 25.5 Å². The van der Waals surface area contributed by atoms with Crippen molar-refractivity contribution in [1.29, 1.82) is 0 Å². The SMILES string of the molecule is CCOC(=O)[C@@H]1C[C@@H](O)CN1C(=O)c1cc(OC)c(OC)cc1[N+](=O)[O-]. The predicted octanol–water partition coefficient (Wildman–Crippen LogP) is 0.750. The Kier molecular flexibility index (Phi) is 5.98. The highest BCUT2D eigenvalue weighted by atomic mass is 16.6. The minimum absolute atomic E-state index is 0.00562. The molecule has 26 heavy (non-hydrogen) atoms. The molecule has 1 N–H and O–H groups in total. The standard InChI is InChI=1S/C16H20N2O8/c1-4-26-16(21)12-5-9(19)8-17(12)15(20)10-6-13(24-2)14(25-3)7-11(10)18(22)23/h6-7,9,12,19H,4-5,8H2,1-3H3/t9-,12+/m1/s1. The number of likely N-dealkylation sites (tertiary alicyclic amines) is 1. The first-order valence-corrected chi connectivity index (χ1v) is 7.90. The van der Waals surface area contributed by atoms with Gasteiger partial charge in [-0.1, -0.05) is 0 Å². The van der Waals surface area contributed by atoms with E-state index >= 15 is 0 Å². The van der Waals surface area contributed by atoms with E-state index in [1.165, 1.54) is 20.3 Å². The molecule has 1 aliphatic rings. The van der Waals surface area contributed by atoms with Crippen molar-refractivity contribution in [2.75, 3.05) is 27.4 Å². The summed E-state index contributed by atoms with van der Waals surface area (Å²) in [5, 5.41) is 21.3. The Bertz CT molecular complexity index is 720. The molecule has 2 atom stereocenters. The lowest BCUT2D eigenvalue weighted by Crippen LogP contribution is -2.41. The third-order valence-corrected chi connectivity index (χ3v) is 4.03. The summed E-state index contributed by atoms with van der Waals surface area (Å²) >= 11 is 0. The van der Waals surface area contributed by atoms with E-state index in [1.807, 2.05) is 0 Å². The van der Waals surface area contributed by atoms with Gasteiger partial charge in [-0.15, -0.1) is 0 Å². The van der Waals surface area contributed by atoms with Gasteiger partial charge in [-0.2, -0.15) is 0 Å². The maximum atomic E-state index is 12.9. The quantitative estimate of drug-likeness (QED) is 0.442. The molecule has 0 bridgehead atoms. The van der Waals surface area contributed by atoms with E-state index in [1.54, 1.807) is 6.92 Å². The van der Waals surface area contributed by atoms with Gasteiger partial charge in [0.05, 0.1) is 37.9 Å². The van der Waals surface area contributed by atoms with Gasteiger partial charge in [-0.3, -0.25) is 14.9 Å². The van der Waals surface area contributed by atoms with Crippen LogP contribution in [0.3, 0.4) is 0 Å². The molecule has 1 saturated heterocycles. The number of carbonyl (C=O) groups excluding carboxylic acids is 2. The number of aliphatic hydroxyl groups excluding tert-OH is 1. The van der Waals surface area contributed by atoms with Gasteiger partial charge in [-0.25, -0.2) is 4.79 Å². The lowest BCUT2D eigenvalue weighted by Gasteiger charge is -2.23. The van der Waals surface area contributed by atoms with Crippen molar-refractivity contribution >= 4 is 17.6 Å². The fourth-order valence-electron chi connectivity index (χ4n) is 2.85. The number of carbonyl (C=O) groups is 2. The lowest BCUT2D eigenvalue weighted by atomic mass is 10.1. The van der Waals surface area contributed by atoms with Crippen LogP contribution in [0.2, 0.25) is 0 Å². The molecule has 1 aliphatic heterocycles. The second kappa shape index (κ2) is 8.00. The Balaban J connectivity index is 2.47. The number of ether oxygens (including phenoxy) is 3. The van der Waals surface area contributed by atoms with Crippen LogP contribution in [0.1, 0.15) is 23.7 Å². The maximum Gasteiger partial charge on any atom is 0.328 e. The monoisotopic (exact) mass is 368 g/mol. The van der Waals surface area contributed by atoms with Gasteiger partial charge in [0.1, 0.15) is 11.6 Å². The Hall–Kier alpha value is -2.88. The minimum Gasteiger partial charge on any atom is -0.493 e. The number of nitro groups is 1. The Morgan fingerprint density at radius 2 is 1.92 bits per heavy atom. The number of benzene rings is 1. The van der Waals surface area contributed by atoms with Crippen LogP contribution >= 0.6 is 0 Å². The average molecular weight is 368 g/mol. The normalized spacial score (nSPS) is 19.2. The molecule has 0 spiro atoms. The van der Waals surface area contributed by atoms with E-state index in [9.17, 15) is 24.8 Å². The first kappa shape index (κ1) is 19.4. The highest BCUT2D eigenvalue weighted by Gasteiger charge is 2.42. The number of β-amino-alcohol motifs (C(OH)–C–C–N with tert-alkyl or cyclic N) is 1. The average Bonchev–Trinajstić information content (AvgIpc) is 3.01. The van der Waals surface area contributed by atoms with E-state index in [-0.39, 0.29) is 36.6 Å². The van der Waals surface area contributed by atoms with Crippen molar-refractivity contribution in [3.8, 4) is 11.5 Å². The van der Waals surface area contributed by atoms with Crippen LogP contribution in [0.25, 0.3) is 0 Å². The summed E-state index contributed by atoms with van der Waals surface area (Å²) in [6.07, 6.45) is -0.918. The molecular weight excluding hydrogens is 348 g/mol. The van der Waals surface area contributed by atoms with Crippen LogP contribution in [-0.2, 0) is 9.53 Å². The second-order valence-electron chi connectivity index (χ2n) is 5.60. The zero-order valence-corrected chi connectivity index (χ0v) is 14.6. The third-order valence-electron chi connectivity index (χ3n) is 4.03. The van der Waals surface area contributed by atoms with Gasteiger partial charge in [0.15, 0.2) is 11.5 Å². The molecule has 1 fully saturated rings. The molecular formula is C16H20N2O8. The summed E-state index contributed by atoms with van der Waals surface area (Å²) in [5.74, 6) is -1.21. The molecule has 142 valence electrons. The van der Waals surface area contributed by atoms with Crippen molar-refractivity contribution in [1.82, 2.24) is 4.90 Å². The van der Waals surface area contributed by atoms with Crippen LogP contribution in [0, 0.1) is 10.1 Å². The molecule has 2 rings (SSSR count). The number of amides is 1.